The van der Waals surface area contributed by atoms with E-state index in [1.54, 1.807) is 4.68 Å². The largest absolute Gasteiger partial charge is 0.391 e. The molecule has 9 heteroatoms. The van der Waals surface area contributed by atoms with Crippen molar-refractivity contribution in [3.05, 3.63) is 29.8 Å². The molecule has 1 aromatic heterocycles. The molecule has 1 fully saturated rings. The molecule has 0 aliphatic carbocycles. The Labute approximate surface area is 139 Å². The summed E-state index contributed by atoms with van der Waals surface area (Å²) in [4.78, 5) is 0. The minimum Gasteiger partial charge on any atom is -0.391 e. The van der Waals surface area contributed by atoms with Crippen molar-refractivity contribution in [3.63, 3.8) is 0 Å². The van der Waals surface area contributed by atoms with E-state index in [1.165, 1.54) is 17.3 Å². The molecule has 23 heavy (non-hydrogen) atoms. The van der Waals surface area contributed by atoms with E-state index in [-0.39, 0.29) is 11.5 Å². The lowest BCUT2D eigenvalue weighted by Crippen LogP contribution is -2.20. The number of hydrogen-bond donors (Lipinski definition) is 1. The van der Waals surface area contributed by atoms with Crippen LogP contribution in [-0.2, 0) is 9.84 Å². The molecular formula is C14H18N4O3S2. The Kier molecular flexibility index (Phi) is 4.43. The summed E-state index contributed by atoms with van der Waals surface area (Å²) in [5, 5.41) is 21.5. The number of sulfone groups is 1. The fourth-order valence-electron chi connectivity index (χ4n) is 2.46. The molecule has 0 amide bonds. The van der Waals surface area contributed by atoms with Crippen molar-refractivity contribution in [3.8, 4) is 5.69 Å². The molecule has 1 saturated heterocycles. The summed E-state index contributed by atoms with van der Waals surface area (Å²) in [5.41, 5.74) is 2.02. The number of rotatable bonds is 4. The third-order valence-electron chi connectivity index (χ3n) is 3.77. The quantitative estimate of drug-likeness (QED) is 0.876. The molecule has 0 bridgehead atoms. The van der Waals surface area contributed by atoms with E-state index < -0.39 is 21.2 Å². The molecule has 124 valence electrons. The molecule has 1 aliphatic rings. The van der Waals surface area contributed by atoms with Gasteiger partial charge in [0.15, 0.2) is 9.84 Å². The number of aromatic nitrogens is 4. The lowest BCUT2D eigenvalue weighted by Gasteiger charge is -2.12. The van der Waals surface area contributed by atoms with Gasteiger partial charge in [0.05, 0.1) is 28.5 Å². The molecule has 1 N–H and O–H groups in total. The van der Waals surface area contributed by atoms with Crippen molar-refractivity contribution in [1.29, 1.82) is 0 Å². The predicted octanol–water partition coefficient (Wildman–Crippen LogP) is 1.04. The summed E-state index contributed by atoms with van der Waals surface area (Å²) in [6.07, 6.45) is -0.890. The van der Waals surface area contributed by atoms with Gasteiger partial charge < -0.3 is 5.11 Å². The van der Waals surface area contributed by atoms with Gasteiger partial charge in [0.25, 0.3) is 0 Å². The highest BCUT2D eigenvalue weighted by atomic mass is 32.2. The summed E-state index contributed by atoms with van der Waals surface area (Å²) in [7, 11) is -3.19. The average molecular weight is 354 g/mol. The third-order valence-corrected chi connectivity index (χ3v) is 6.95. The lowest BCUT2D eigenvalue weighted by atomic mass is 10.0. The van der Waals surface area contributed by atoms with Gasteiger partial charge in [0, 0.05) is 0 Å². The van der Waals surface area contributed by atoms with Crippen LogP contribution in [0.4, 0.5) is 0 Å². The van der Waals surface area contributed by atoms with Crippen molar-refractivity contribution in [1.82, 2.24) is 20.2 Å². The first-order chi connectivity index (χ1) is 10.9. The number of nitrogens with zero attached hydrogens (tertiary/aromatic N) is 4. The zero-order chi connectivity index (χ0) is 16.6. The Morgan fingerprint density at radius 3 is 2.52 bits per heavy atom. The Bertz CT molecular complexity index is 787. The van der Waals surface area contributed by atoms with Crippen LogP contribution in [0.15, 0.2) is 29.4 Å². The number of aliphatic hydroxyl groups is 1. The fraction of sp³-hybridized carbons (Fsp3) is 0.500. The maximum absolute atomic E-state index is 11.6. The van der Waals surface area contributed by atoms with E-state index in [0.29, 0.717) is 11.1 Å². The Morgan fingerprint density at radius 2 is 1.96 bits per heavy atom. The van der Waals surface area contributed by atoms with Crippen molar-refractivity contribution >= 4 is 21.6 Å². The molecule has 2 heterocycles. The van der Waals surface area contributed by atoms with Crippen LogP contribution < -0.4 is 0 Å². The van der Waals surface area contributed by atoms with Crippen molar-refractivity contribution in [2.45, 2.75) is 36.3 Å². The van der Waals surface area contributed by atoms with Crippen molar-refractivity contribution in [2.75, 3.05) is 11.5 Å². The van der Waals surface area contributed by atoms with E-state index in [9.17, 15) is 13.5 Å². The molecule has 1 aromatic carbocycles. The molecule has 0 saturated carbocycles. The Balaban J connectivity index is 1.82. The van der Waals surface area contributed by atoms with E-state index in [4.69, 9.17) is 0 Å². The topological polar surface area (TPSA) is 98.0 Å². The molecule has 3 rings (SSSR count). The minimum atomic E-state index is -3.19. The summed E-state index contributed by atoms with van der Waals surface area (Å²) in [6.45, 7) is 4.24. The van der Waals surface area contributed by atoms with Gasteiger partial charge in [-0.2, -0.15) is 4.68 Å². The minimum absolute atomic E-state index is 0.0576. The summed E-state index contributed by atoms with van der Waals surface area (Å²) in [6, 6.07) is 7.89. The van der Waals surface area contributed by atoms with E-state index >= 15 is 0 Å². The highest BCUT2D eigenvalue weighted by Crippen LogP contribution is 2.30. The zero-order valence-corrected chi connectivity index (χ0v) is 14.5. The van der Waals surface area contributed by atoms with Gasteiger partial charge in [0.2, 0.25) is 5.16 Å². The van der Waals surface area contributed by atoms with Crippen molar-refractivity contribution in [2.24, 2.45) is 0 Å². The van der Waals surface area contributed by atoms with Crippen LogP contribution in [0.2, 0.25) is 0 Å². The number of hydrogen-bond acceptors (Lipinski definition) is 7. The van der Waals surface area contributed by atoms with Gasteiger partial charge in [0.1, 0.15) is 0 Å². The van der Waals surface area contributed by atoms with Crippen LogP contribution in [0, 0.1) is 0 Å². The number of thioether (sulfide) groups is 1. The van der Waals surface area contributed by atoms with Gasteiger partial charge in [-0.15, -0.1) is 5.10 Å². The number of tetrazole rings is 1. The molecule has 2 aromatic rings. The van der Waals surface area contributed by atoms with Crippen LogP contribution in [0.3, 0.4) is 0 Å². The maximum atomic E-state index is 11.6. The molecule has 2 atom stereocenters. The van der Waals surface area contributed by atoms with Crippen LogP contribution in [0.25, 0.3) is 5.69 Å². The smallest absolute Gasteiger partial charge is 0.214 e. The van der Waals surface area contributed by atoms with E-state index in [1.807, 2.05) is 24.3 Å². The highest BCUT2D eigenvalue weighted by Gasteiger charge is 2.38. The van der Waals surface area contributed by atoms with Crippen molar-refractivity contribution < 1.29 is 13.5 Å². The standard InChI is InChI=1S/C14H18N4O3S2/c1-9(2)10-3-5-11(6-4-10)18-14(15-16-17-18)22-13-8-23(20,21)7-12(13)19/h3-6,9,12-13,19H,7-8H2,1-2H3/t12-,13-/m1/s1. The molecule has 7 nitrogen and oxygen atoms in total. The Hall–Kier alpha value is -1.45. The summed E-state index contributed by atoms with van der Waals surface area (Å²) >= 11 is 1.20. The molecule has 0 spiro atoms. The Morgan fingerprint density at radius 1 is 1.26 bits per heavy atom. The molecular weight excluding hydrogens is 336 g/mol. The van der Waals surface area contributed by atoms with Gasteiger partial charge in [-0.05, 0) is 34.0 Å². The summed E-state index contributed by atoms with van der Waals surface area (Å²) < 4.78 is 24.8. The molecule has 0 radical (unpaired) electrons. The van der Waals surface area contributed by atoms with Crippen LogP contribution in [0.5, 0.6) is 0 Å². The predicted molar refractivity (Wildman–Crippen MR) is 87.5 cm³/mol. The SMILES string of the molecule is CC(C)c1ccc(-n2nnnc2S[C@@H]2CS(=O)(=O)C[C@H]2O)cc1. The molecule has 0 unspecified atom stereocenters. The first-order valence-corrected chi connectivity index (χ1v) is 10.00. The zero-order valence-electron chi connectivity index (χ0n) is 12.8. The van der Waals surface area contributed by atoms with Crippen LogP contribution >= 0.6 is 11.8 Å². The average Bonchev–Trinajstić information content (AvgIpc) is 3.03. The van der Waals surface area contributed by atoms with E-state index in [2.05, 4.69) is 29.4 Å². The first-order valence-electron chi connectivity index (χ1n) is 7.29. The van der Waals surface area contributed by atoms with Gasteiger partial charge in [-0.25, -0.2) is 8.42 Å². The second kappa shape index (κ2) is 6.21. The monoisotopic (exact) mass is 354 g/mol. The van der Waals surface area contributed by atoms with Crippen LogP contribution in [-0.4, -0.2) is 56.6 Å². The van der Waals surface area contributed by atoms with Gasteiger partial charge >= 0.3 is 0 Å². The van der Waals surface area contributed by atoms with Gasteiger partial charge in [-0.1, -0.05) is 37.7 Å². The fourth-order valence-corrected chi connectivity index (χ4v) is 5.94. The van der Waals surface area contributed by atoms with Crippen LogP contribution in [0.1, 0.15) is 25.3 Å². The first kappa shape index (κ1) is 16.4. The molecule has 1 aliphatic heterocycles. The number of aliphatic hydroxyl groups excluding tert-OH is 1. The van der Waals surface area contributed by atoms with E-state index in [0.717, 1.165) is 5.69 Å². The lowest BCUT2D eigenvalue weighted by molar-refractivity contribution is 0.207. The maximum Gasteiger partial charge on any atom is 0.214 e. The van der Waals surface area contributed by atoms with Gasteiger partial charge in [-0.3, -0.25) is 0 Å². The second-order valence-corrected chi connectivity index (χ2v) is 9.28. The number of benzene rings is 1. The normalized spacial score (nSPS) is 23.5. The summed E-state index contributed by atoms with van der Waals surface area (Å²) in [5.74, 6) is 0.179. The third kappa shape index (κ3) is 3.56. The second-order valence-electron chi connectivity index (χ2n) is 5.92. The highest BCUT2D eigenvalue weighted by molar-refractivity contribution is 8.01.